The number of benzene rings is 1. The van der Waals surface area contributed by atoms with Crippen LogP contribution in [0.5, 0.6) is 0 Å². The van der Waals surface area contributed by atoms with E-state index in [1.54, 1.807) is 6.20 Å². The van der Waals surface area contributed by atoms with Gasteiger partial charge in [0.15, 0.2) is 5.96 Å². The van der Waals surface area contributed by atoms with Crippen molar-refractivity contribution >= 4 is 29.9 Å². The number of rotatable bonds is 9. The molecule has 0 spiro atoms. The normalized spacial score (nSPS) is 15.0. The number of halogens is 1. The first kappa shape index (κ1) is 23.7. The number of imidazole rings is 1. The van der Waals surface area contributed by atoms with E-state index >= 15 is 0 Å². The second-order valence-corrected chi connectivity index (χ2v) is 7.39. The van der Waals surface area contributed by atoms with Gasteiger partial charge >= 0.3 is 0 Å². The van der Waals surface area contributed by atoms with E-state index in [2.05, 4.69) is 49.4 Å². The summed E-state index contributed by atoms with van der Waals surface area (Å²) in [6.45, 7) is 3.30. The predicted octanol–water partition coefficient (Wildman–Crippen LogP) is 3.95. The molecule has 7 heteroatoms. The molecule has 0 bridgehead atoms. The van der Waals surface area contributed by atoms with Crippen LogP contribution in [0.15, 0.2) is 48.0 Å². The van der Waals surface area contributed by atoms with E-state index in [0.717, 1.165) is 38.6 Å². The number of hydrogen-bond donors (Lipinski definition) is 2. The minimum Gasteiger partial charge on any atom is -0.378 e. The second-order valence-electron chi connectivity index (χ2n) is 7.39. The molecule has 0 atom stereocenters. The summed E-state index contributed by atoms with van der Waals surface area (Å²) in [5.41, 5.74) is 2.50. The summed E-state index contributed by atoms with van der Waals surface area (Å²) in [5, 5.41) is 6.74. The van der Waals surface area contributed by atoms with Crippen molar-refractivity contribution < 1.29 is 4.74 Å². The zero-order chi connectivity index (χ0) is 19.4. The van der Waals surface area contributed by atoms with Crippen LogP contribution in [-0.4, -0.2) is 41.8 Å². The molecular weight excluding hydrogens is 477 g/mol. The Hall–Kier alpha value is -1.61. The lowest BCUT2D eigenvalue weighted by Gasteiger charge is -2.22. The number of hydrogen-bond acceptors (Lipinski definition) is 3. The molecule has 1 heterocycles. The van der Waals surface area contributed by atoms with E-state index in [4.69, 9.17) is 4.74 Å². The highest BCUT2D eigenvalue weighted by molar-refractivity contribution is 14.0. The summed E-state index contributed by atoms with van der Waals surface area (Å²) >= 11 is 0. The van der Waals surface area contributed by atoms with Crippen molar-refractivity contribution in [3.63, 3.8) is 0 Å². The van der Waals surface area contributed by atoms with Crippen LogP contribution in [0, 0.1) is 0 Å². The van der Waals surface area contributed by atoms with E-state index in [0.29, 0.717) is 6.10 Å². The van der Waals surface area contributed by atoms with Crippen molar-refractivity contribution in [3.8, 4) is 0 Å². The van der Waals surface area contributed by atoms with Crippen LogP contribution in [0.3, 0.4) is 0 Å². The van der Waals surface area contributed by atoms with Gasteiger partial charge in [-0.2, -0.15) is 0 Å². The zero-order valence-corrected chi connectivity index (χ0v) is 19.7. The van der Waals surface area contributed by atoms with Crippen molar-refractivity contribution in [1.82, 2.24) is 20.2 Å². The van der Waals surface area contributed by atoms with Crippen LogP contribution in [0.4, 0.5) is 0 Å². The number of guanidine groups is 1. The van der Waals surface area contributed by atoms with Crippen LogP contribution in [0.1, 0.15) is 49.7 Å². The highest BCUT2D eigenvalue weighted by Crippen LogP contribution is 2.20. The average Bonchev–Trinajstić information content (AvgIpc) is 3.25. The standard InChI is InChI=1S/C22H33N5O.HI/c1-23-22(25-12-5-15-28-21-6-3-2-4-7-21)26-16-19-8-10-20(11-9-19)17-27-14-13-24-18-27;/h8-11,13-14,18,21H,2-7,12,15-17H2,1H3,(H2,23,25,26);1H. The first-order valence-corrected chi connectivity index (χ1v) is 10.4. The molecule has 1 aliphatic rings. The SMILES string of the molecule is CN=C(NCCCOC1CCCCC1)NCc1ccc(Cn2ccnc2)cc1.I. The lowest BCUT2D eigenvalue weighted by Crippen LogP contribution is -2.37. The lowest BCUT2D eigenvalue weighted by atomic mass is 9.98. The first-order valence-electron chi connectivity index (χ1n) is 10.4. The van der Waals surface area contributed by atoms with Gasteiger partial charge in [-0.25, -0.2) is 4.98 Å². The molecule has 0 amide bonds. The summed E-state index contributed by atoms with van der Waals surface area (Å²) in [4.78, 5) is 8.38. The largest absolute Gasteiger partial charge is 0.378 e. The van der Waals surface area contributed by atoms with E-state index in [-0.39, 0.29) is 24.0 Å². The third kappa shape index (κ3) is 8.74. The number of aromatic nitrogens is 2. The van der Waals surface area contributed by atoms with E-state index in [1.165, 1.54) is 43.2 Å². The molecule has 1 fully saturated rings. The summed E-state index contributed by atoms with van der Waals surface area (Å²) in [6, 6.07) is 8.64. The van der Waals surface area contributed by atoms with Gasteiger partial charge in [0.2, 0.25) is 0 Å². The van der Waals surface area contributed by atoms with Gasteiger partial charge < -0.3 is 19.9 Å². The Balaban J connectivity index is 0.00000300. The Kier molecular flexibility index (Phi) is 11.1. The third-order valence-corrected chi connectivity index (χ3v) is 5.15. The molecule has 29 heavy (non-hydrogen) atoms. The van der Waals surface area contributed by atoms with Crippen molar-refractivity contribution in [1.29, 1.82) is 0 Å². The van der Waals surface area contributed by atoms with E-state index in [9.17, 15) is 0 Å². The fourth-order valence-corrected chi connectivity index (χ4v) is 3.52. The van der Waals surface area contributed by atoms with Crippen molar-refractivity contribution in [2.24, 2.45) is 4.99 Å². The second kappa shape index (κ2) is 13.6. The molecule has 160 valence electrons. The Labute approximate surface area is 191 Å². The van der Waals surface area contributed by atoms with Crippen LogP contribution in [0.2, 0.25) is 0 Å². The Morgan fingerprint density at radius 3 is 2.59 bits per heavy atom. The Bertz CT molecular complexity index is 697. The molecule has 0 aliphatic heterocycles. The summed E-state index contributed by atoms with van der Waals surface area (Å²) in [5.74, 6) is 0.833. The fourth-order valence-electron chi connectivity index (χ4n) is 3.52. The smallest absolute Gasteiger partial charge is 0.191 e. The first-order chi connectivity index (χ1) is 13.8. The number of nitrogens with one attached hydrogen (secondary N) is 2. The van der Waals surface area contributed by atoms with Gasteiger partial charge in [0, 0.05) is 45.7 Å². The highest BCUT2D eigenvalue weighted by atomic mass is 127. The van der Waals surface area contributed by atoms with Gasteiger partial charge in [-0.1, -0.05) is 43.5 Å². The monoisotopic (exact) mass is 511 g/mol. The van der Waals surface area contributed by atoms with Crippen molar-refractivity contribution in [3.05, 3.63) is 54.1 Å². The van der Waals surface area contributed by atoms with Gasteiger partial charge in [0.25, 0.3) is 0 Å². The quantitative estimate of drug-likeness (QED) is 0.232. The minimum absolute atomic E-state index is 0. The van der Waals surface area contributed by atoms with E-state index < -0.39 is 0 Å². The summed E-state index contributed by atoms with van der Waals surface area (Å²) < 4.78 is 8.04. The van der Waals surface area contributed by atoms with Gasteiger partial charge in [-0.3, -0.25) is 4.99 Å². The Morgan fingerprint density at radius 2 is 1.90 bits per heavy atom. The molecule has 3 rings (SSSR count). The van der Waals surface area contributed by atoms with Crippen LogP contribution in [0.25, 0.3) is 0 Å². The maximum Gasteiger partial charge on any atom is 0.191 e. The van der Waals surface area contributed by atoms with Gasteiger partial charge in [-0.15, -0.1) is 24.0 Å². The van der Waals surface area contributed by atoms with Crippen LogP contribution in [-0.2, 0) is 17.8 Å². The van der Waals surface area contributed by atoms with Gasteiger partial charge in [0.1, 0.15) is 0 Å². The fraction of sp³-hybridized carbons (Fsp3) is 0.545. The summed E-state index contributed by atoms with van der Waals surface area (Å²) in [6.07, 6.45) is 13.6. The Morgan fingerprint density at radius 1 is 1.14 bits per heavy atom. The van der Waals surface area contributed by atoms with Crippen LogP contribution >= 0.6 is 24.0 Å². The maximum atomic E-state index is 5.97. The lowest BCUT2D eigenvalue weighted by molar-refractivity contribution is 0.0277. The average molecular weight is 511 g/mol. The third-order valence-electron chi connectivity index (χ3n) is 5.15. The number of nitrogens with zero attached hydrogens (tertiary/aromatic N) is 3. The number of ether oxygens (including phenoxy) is 1. The summed E-state index contributed by atoms with van der Waals surface area (Å²) in [7, 11) is 1.81. The maximum absolute atomic E-state index is 5.97. The molecule has 2 N–H and O–H groups in total. The van der Waals surface area contributed by atoms with Gasteiger partial charge in [-0.05, 0) is 30.4 Å². The topological polar surface area (TPSA) is 63.5 Å². The minimum atomic E-state index is 0. The molecule has 1 aliphatic carbocycles. The van der Waals surface area contributed by atoms with Crippen molar-refractivity contribution in [2.45, 2.75) is 57.7 Å². The van der Waals surface area contributed by atoms with Gasteiger partial charge in [0.05, 0.1) is 12.4 Å². The number of aliphatic imine (C=N–C) groups is 1. The van der Waals surface area contributed by atoms with Crippen LogP contribution < -0.4 is 10.6 Å². The molecule has 1 aromatic carbocycles. The highest BCUT2D eigenvalue weighted by Gasteiger charge is 2.12. The molecule has 0 radical (unpaired) electrons. The predicted molar refractivity (Wildman–Crippen MR) is 129 cm³/mol. The zero-order valence-electron chi connectivity index (χ0n) is 17.3. The molecule has 1 aromatic heterocycles. The molecule has 0 saturated heterocycles. The molecule has 1 saturated carbocycles. The van der Waals surface area contributed by atoms with E-state index in [1.807, 2.05) is 19.6 Å². The molecule has 6 nitrogen and oxygen atoms in total. The van der Waals surface area contributed by atoms with Crippen molar-refractivity contribution in [2.75, 3.05) is 20.2 Å². The molecular formula is C22H34IN5O. The molecule has 0 unspecified atom stereocenters. The molecule has 2 aromatic rings.